The van der Waals surface area contributed by atoms with E-state index in [1.54, 1.807) is 0 Å². The van der Waals surface area contributed by atoms with Gasteiger partial charge in [-0.3, -0.25) is 0 Å². The highest BCUT2D eigenvalue weighted by Crippen LogP contribution is 2.26. The molecule has 1 atom stereocenters. The van der Waals surface area contributed by atoms with Crippen LogP contribution >= 0.6 is 35.0 Å². The fraction of sp³-hybridized carbons (Fsp3) is 0.571. The Morgan fingerprint density at radius 2 is 1.94 bits per heavy atom. The summed E-state index contributed by atoms with van der Waals surface area (Å²) in [4.78, 5) is 0. The molecule has 1 nitrogen and oxygen atoms in total. The first-order valence-corrected chi connectivity index (χ1v) is 8.49. The average Bonchev–Trinajstić information content (AvgIpc) is 2.36. The van der Waals surface area contributed by atoms with E-state index in [0.29, 0.717) is 6.04 Å². The van der Waals surface area contributed by atoms with Gasteiger partial charge in [-0.1, -0.05) is 36.2 Å². The minimum absolute atomic E-state index is 0.454. The van der Waals surface area contributed by atoms with Crippen molar-refractivity contribution in [2.45, 2.75) is 32.2 Å². The second-order valence-corrected chi connectivity index (χ2v) is 6.14. The maximum absolute atomic E-state index is 6.22. The zero-order valence-electron chi connectivity index (χ0n) is 11.0. The molecule has 0 radical (unpaired) electrons. The molecule has 1 N–H and O–H groups in total. The van der Waals surface area contributed by atoms with Gasteiger partial charge in [0.15, 0.2) is 0 Å². The Morgan fingerprint density at radius 3 is 2.50 bits per heavy atom. The summed E-state index contributed by atoms with van der Waals surface area (Å²) in [5, 5.41) is 5.12. The number of hydrogen-bond donors (Lipinski definition) is 1. The van der Waals surface area contributed by atoms with E-state index in [4.69, 9.17) is 23.2 Å². The van der Waals surface area contributed by atoms with Crippen LogP contribution < -0.4 is 5.32 Å². The Morgan fingerprint density at radius 1 is 1.28 bits per heavy atom. The molecule has 1 rings (SSSR count). The van der Waals surface area contributed by atoms with Gasteiger partial charge >= 0.3 is 0 Å². The van der Waals surface area contributed by atoms with E-state index in [-0.39, 0.29) is 0 Å². The van der Waals surface area contributed by atoms with E-state index in [1.165, 1.54) is 0 Å². The quantitative estimate of drug-likeness (QED) is 0.750. The SMILES string of the molecule is CCCNC(CCSC)Cc1c(Cl)cccc1Cl. The molecule has 1 unspecified atom stereocenters. The molecule has 0 saturated heterocycles. The Balaban J connectivity index is 2.68. The molecule has 102 valence electrons. The standard InChI is InChI=1S/C14H21Cl2NS/c1-3-8-17-11(7-9-18-2)10-12-13(15)5-4-6-14(12)16/h4-6,11,17H,3,7-10H2,1-2H3. The molecule has 0 fully saturated rings. The van der Waals surface area contributed by atoms with Crippen LogP contribution in [0.5, 0.6) is 0 Å². The van der Waals surface area contributed by atoms with E-state index in [2.05, 4.69) is 18.5 Å². The Hall–Kier alpha value is 0.110. The van der Waals surface area contributed by atoms with E-state index in [0.717, 1.165) is 47.2 Å². The Kier molecular flexibility index (Phi) is 8.16. The molecule has 0 aliphatic carbocycles. The van der Waals surface area contributed by atoms with Gasteiger partial charge in [-0.25, -0.2) is 0 Å². The molecule has 0 spiro atoms. The van der Waals surface area contributed by atoms with Crippen molar-refractivity contribution < 1.29 is 0 Å². The van der Waals surface area contributed by atoms with Crippen LogP contribution in [0, 0.1) is 0 Å². The van der Waals surface area contributed by atoms with Gasteiger partial charge in [-0.2, -0.15) is 11.8 Å². The molecular weight excluding hydrogens is 285 g/mol. The second-order valence-electron chi connectivity index (χ2n) is 4.34. The smallest absolute Gasteiger partial charge is 0.0453 e. The van der Waals surface area contributed by atoms with E-state index < -0.39 is 0 Å². The predicted molar refractivity (Wildman–Crippen MR) is 85.2 cm³/mol. The summed E-state index contributed by atoms with van der Waals surface area (Å²) < 4.78 is 0. The molecule has 0 amide bonds. The average molecular weight is 306 g/mol. The highest BCUT2D eigenvalue weighted by molar-refractivity contribution is 7.98. The maximum atomic E-state index is 6.22. The Bertz CT molecular complexity index is 329. The molecule has 0 aliphatic heterocycles. The minimum Gasteiger partial charge on any atom is -0.314 e. The summed E-state index contributed by atoms with van der Waals surface area (Å²) in [5.41, 5.74) is 1.07. The van der Waals surface area contributed by atoms with Crippen LogP contribution in [-0.2, 0) is 6.42 Å². The number of nitrogens with one attached hydrogen (secondary N) is 1. The van der Waals surface area contributed by atoms with Gasteiger partial charge in [0.25, 0.3) is 0 Å². The molecule has 0 saturated carbocycles. The fourth-order valence-electron chi connectivity index (χ4n) is 1.86. The lowest BCUT2D eigenvalue weighted by Crippen LogP contribution is -2.32. The highest BCUT2D eigenvalue weighted by atomic mass is 35.5. The summed E-state index contributed by atoms with van der Waals surface area (Å²) in [5.74, 6) is 1.16. The van der Waals surface area contributed by atoms with Crippen LogP contribution in [0.2, 0.25) is 10.0 Å². The van der Waals surface area contributed by atoms with Crippen LogP contribution in [0.1, 0.15) is 25.3 Å². The van der Waals surface area contributed by atoms with Crippen LogP contribution in [0.3, 0.4) is 0 Å². The van der Waals surface area contributed by atoms with Crippen LogP contribution in [0.15, 0.2) is 18.2 Å². The summed E-state index contributed by atoms with van der Waals surface area (Å²) in [6, 6.07) is 6.17. The molecule has 0 aromatic heterocycles. The van der Waals surface area contributed by atoms with E-state index in [9.17, 15) is 0 Å². The minimum atomic E-state index is 0.454. The van der Waals surface area contributed by atoms with Crippen LogP contribution in [0.4, 0.5) is 0 Å². The molecule has 0 heterocycles. The second kappa shape index (κ2) is 9.08. The lowest BCUT2D eigenvalue weighted by atomic mass is 10.0. The van der Waals surface area contributed by atoms with Crippen molar-refractivity contribution in [1.29, 1.82) is 0 Å². The third kappa shape index (κ3) is 5.40. The van der Waals surface area contributed by atoms with Crippen molar-refractivity contribution >= 4 is 35.0 Å². The summed E-state index contributed by atoms with van der Waals surface area (Å²) in [6.45, 7) is 3.22. The maximum Gasteiger partial charge on any atom is 0.0453 e. The van der Waals surface area contributed by atoms with Crippen molar-refractivity contribution in [3.63, 3.8) is 0 Å². The lowest BCUT2D eigenvalue weighted by Gasteiger charge is -2.19. The highest BCUT2D eigenvalue weighted by Gasteiger charge is 2.13. The number of rotatable bonds is 8. The van der Waals surface area contributed by atoms with Gasteiger partial charge in [0, 0.05) is 16.1 Å². The van der Waals surface area contributed by atoms with E-state index >= 15 is 0 Å². The fourth-order valence-corrected chi connectivity index (χ4v) is 2.93. The molecule has 1 aromatic carbocycles. The van der Waals surface area contributed by atoms with Crippen molar-refractivity contribution in [1.82, 2.24) is 5.32 Å². The van der Waals surface area contributed by atoms with Crippen molar-refractivity contribution in [3.8, 4) is 0 Å². The molecule has 4 heteroatoms. The Labute approximate surface area is 125 Å². The van der Waals surface area contributed by atoms with E-state index in [1.807, 2.05) is 30.0 Å². The number of thioether (sulfide) groups is 1. The number of halogens is 2. The molecule has 0 aliphatic rings. The van der Waals surface area contributed by atoms with Gasteiger partial charge < -0.3 is 5.32 Å². The van der Waals surface area contributed by atoms with Gasteiger partial charge in [0.1, 0.15) is 0 Å². The molecule has 0 bridgehead atoms. The third-order valence-electron chi connectivity index (χ3n) is 2.87. The topological polar surface area (TPSA) is 12.0 Å². The zero-order chi connectivity index (χ0) is 13.4. The van der Waals surface area contributed by atoms with Crippen molar-refractivity contribution in [2.75, 3.05) is 18.6 Å². The summed E-state index contributed by atoms with van der Waals surface area (Å²) >= 11 is 14.3. The largest absolute Gasteiger partial charge is 0.314 e. The molecule has 1 aromatic rings. The zero-order valence-corrected chi connectivity index (χ0v) is 13.3. The normalized spacial score (nSPS) is 12.7. The molecular formula is C14H21Cl2NS. The lowest BCUT2D eigenvalue weighted by molar-refractivity contribution is 0.498. The van der Waals surface area contributed by atoms with Crippen LogP contribution in [0.25, 0.3) is 0 Å². The van der Waals surface area contributed by atoms with Crippen LogP contribution in [-0.4, -0.2) is 24.6 Å². The first kappa shape index (κ1) is 16.2. The summed E-state index contributed by atoms with van der Waals surface area (Å²) in [7, 11) is 0. The van der Waals surface area contributed by atoms with Crippen molar-refractivity contribution in [2.24, 2.45) is 0 Å². The monoisotopic (exact) mass is 305 g/mol. The molecule has 18 heavy (non-hydrogen) atoms. The third-order valence-corrected chi connectivity index (χ3v) is 4.22. The summed E-state index contributed by atoms with van der Waals surface area (Å²) in [6.07, 6.45) is 5.33. The van der Waals surface area contributed by atoms with Gasteiger partial charge in [-0.05, 0) is 55.5 Å². The predicted octanol–water partition coefficient (Wildman–Crippen LogP) is 4.66. The first-order valence-electron chi connectivity index (χ1n) is 6.34. The number of hydrogen-bond acceptors (Lipinski definition) is 2. The van der Waals surface area contributed by atoms with Gasteiger partial charge in [0.2, 0.25) is 0 Å². The van der Waals surface area contributed by atoms with Crippen molar-refractivity contribution in [3.05, 3.63) is 33.8 Å². The van der Waals surface area contributed by atoms with Gasteiger partial charge in [-0.15, -0.1) is 0 Å². The van der Waals surface area contributed by atoms with Gasteiger partial charge in [0.05, 0.1) is 0 Å². The first-order chi connectivity index (χ1) is 8.69. The number of benzene rings is 1.